The van der Waals surface area contributed by atoms with Gasteiger partial charge in [-0.3, -0.25) is 14.8 Å². The molecule has 3 aromatic rings. The van der Waals surface area contributed by atoms with Crippen LogP contribution in [-0.2, 0) is 12.8 Å². The zero-order valence-corrected chi connectivity index (χ0v) is 20.2. The van der Waals surface area contributed by atoms with Gasteiger partial charge in [-0.25, -0.2) is 0 Å². The van der Waals surface area contributed by atoms with E-state index >= 15 is 0 Å². The molecule has 34 heavy (non-hydrogen) atoms. The van der Waals surface area contributed by atoms with Gasteiger partial charge in [0.15, 0.2) is 11.5 Å². The molecule has 6 heteroatoms. The summed E-state index contributed by atoms with van der Waals surface area (Å²) in [5, 5.41) is 2.94. The van der Waals surface area contributed by atoms with Crippen molar-refractivity contribution in [2.24, 2.45) is 4.99 Å². The first-order valence-corrected chi connectivity index (χ1v) is 11.5. The lowest BCUT2D eigenvalue weighted by Gasteiger charge is -2.31. The van der Waals surface area contributed by atoms with E-state index in [0.29, 0.717) is 11.3 Å². The van der Waals surface area contributed by atoms with E-state index in [-0.39, 0.29) is 17.0 Å². The number of aliphatic imine (C=N–C) groups is 1. The van der Waals surface area contributed by atoms with E-state index < -0.39 is 0 Å². The Bertz CT molecular complexity index is 1310. The minimum absolute atomic E-state index is 0.173. The molecule has 3 heterocycles. The number of fused-ring (bicyclic) bond motifs is 3. The van der Waals surface area contributed by atoms with E-state index in [1.54, 1.807) is 31.6 Å². The second-order valence-electron chi connectivity index (χ2n) is 10.2. The topological polar surface area (TPSA) is 72.8 Å². The number of amides is 1. The van der Waals surface area contributed by atoms with Gasteiger partial charge in [0.2, 0.25) is 0 Å². The van der Waals surface area contributed by atoms with Crippen LogP contribution in [-0.4, -0.2) is 34.9 Å². The fraction of sp³-hybridized carbons (Fsp3) is 0.321. The first-order chi connectivity index (χ1) is 16.2. The van der Waals surface area contributed by atoms with Crippen molar-refractivity contribution in [3.8, 4) is 11.5 Å². The molecule has 0 bridgehead atoms. The number of benzene rings is 2. The van der Waals surface area contributed by atoms with Crippen molar-refractivity contribution >= 4 is 17.3 Å². The lowest BCUT2D eigenvalue weighted by molar-refractivity contribution is 0.102. The van der Waals surface area contributed by atoms with Gasteiger partial charge in [-0.05, 0) is 70.0 Å². The highest BCUT2D eigenvalue weighted by Crippen LogP contribution is 2.47. The Hall–Kier alpha value is -3.67. The van der Waals surface area contributed by atoms with Crippen molar-refractivity contribution in [1.29, 1.82) is 0 Å². The van der Waals surface area contributed by atoms with E-state index in [1.807, 2.05) is 24.3 Å². The highest BCUT2D eigenvalue weighted by atomic mass is 16.5. The number of methoxy groups -OCH3 is 1. The Morgan fingerprint density at radius 3 is 2.56 bits per heavy atom. The number of anilines is 1. The Balaban J connectivity index is 1.61. The third-order valence-electron chi connectivity index (χ3n) is 6.24. The lowest BCUT2D eigenvalue weighted by Crippen LogP contribution is -2.30. The number of aromatic nitrogens is 1. The largest absolute Gasteiger partial charge is 0.493 e. The minimum atomic E-state index is -0.324. The number of pyridine rings is 1. The summed E-state index contributed by atoms with van der Waals surface area (Å²) in [7, 11) is 1.69. The fourth-order valence-electron chi connectivity index (χ4n) is 4.88. The SMILES string of the molecule is COc1cc2c(c3c1OC(C)(C)C3)C(c1cccc(C(=O)Nc3ccncc3)c1)=NC(C)(C)C2. The molecule has 0 spiro atoms. The molecular weight excluding hydrogens is 426 g/mol. The van der Waals surface area contributed by atoms with Crippen LogP contribution in [0, 0.1) is 0 Å². The standard InChI is InChI=1S/C28H29N3O3/c1-27(2)15-19-14-22(33-5)25-21(16-28(3,4)34-25)23(19)24(31-27)17-7-6-8-18(13-17)26(32)30-20-9-11-29-12-10-20/h6-14H,15-16H2,1-5H3,(H,29,30,32). The Labute approximate surface area is 200 Å². The van der Waals surface area contributed by atoms with Crippen molar-refractivity contribution in [2.75, 3.05) is 12.4 Å². The smallest absolute Gasteiger partial charge is 0.255 e. The molecule has 0 radical (unpaired) electrons. The predicted octanol–water partition coefficient (Wildman–Crippen LogP) is 5.23. The Morgan fingerprint density at radius 2 is 1.82 bits per heavy atom. The van der Waals surface area contributed by atoms with Gasteiger partial charge in [0.05, 0.1) is 18.4 Å². The van der Waals surface area contributed by atoms with Gasteiger partial charge in [0.25, 0.3) is 5.91 Å². The van der Waals surface area contributed by atoms with E-state index in [4.69, 9.17) is 14.5 Å². The molecule has 0 fully saturated rings. The molecule has 0 saturated heterocycles. The third-order valence-corrected chi connectivity index (χ3v) is 6.24. The molecule has 174 valence electrons. The average Bonchev–Trinajstić information content (AvgIpc) is 3.12. The molecular formula is C28H29N3O3. The Morgan fingerprint density at radius 1 is 1.06 bits per heavy atom. The summed E-state index contributed by atoms with van der Waals surface area (Å²) in [5.74, 6) is 1.39. The fourth-order valence-corrected chi connectivity index (χ4v) is 4.88. The number of hydrogen-bond donors (Lipinski definition) is 1. The van der Waals surface area contributed by atoms with Crippen molar-refractivity contribution in [3.05, 3.63) is 82.7 Å². The molecule has 1 amide bonds. The van der Waals surface area contributed by atoms with Crippen molar-refractivity contribution in [2.45, 2.75) is 51.7 Å². The molecule has 2 aliphatic heterocycles. The van der Waals surface area contributed by atoms with Crippen molar-refractivity contribution < 1.29 is 14.3 Å². The molecule has 0 aliphatic carbocycles. The predicted molar refractivity (Wildman–Crippen MR) is 133 cm³/mol. The van der Waals surface area contributed by atoms with Gasteiger partial charge in [-0.15, -0.1) is 0 Å². The average molecular weight is 456 g/mol. The van der Waals surface area contributed by atoms with Crippen LogP contribution in [0.1, 0.15) is 60.3 Å². The van der Waals surface area contributed by atoms with Gasteiger partial charge in [-0.1, -0.05) is 12.1 Å². The number of nitrogens with one attached hydrogen (secondary N) is 1. The Kier molecular flexibility index (Phi) is 5.19. The van der Waals surface area contributed by atoms with Gasteiger partial charge in [0, 0.05) is 46.8 Å². The van der Waals surface area contributed by atoms with Gasteiger partial charge in [-0.2, -0.15) is 0 Å². The molecule has 1 aromatic heterocycles. The highest BCUT2D eigenvalue weighted by Gasteiger charge is 2.39. The zero-order valence-electron chi connectivity index (χ0n) is 20.2. The second-order valence-corrected chi connectivity index (χ2v) is 10.2. The van der Waals surface area contributed by atoms with Crippen LogP contribution in [0.2, 0.25) is 0 Å². The molecule has 0 unspecified atom stereocenters. The van der Waals surface area contributed by atoms with Crippen LogP contribution in [0.5, 0.6) is 11.5 Å². The summed E-state index contributed by atoms with van der Waals surface area (Å²) >= 11 is 0. The number of carbonyl (C=O) groups is 1. The summed E-state index contributed by atoms with van der Waals surface area (Å²) in [6.07, 6.45) is 4.88. The molecule has 0 atom stereocenters. The van der Waals surface area contributed by atoms with Crippen LogP contribution in [0.25, 0.3) is 0 Å². The van der Waals surface area contributed by atoms with E-state index in [0.717, 1.165) is 46.7 Å². The van der Waals surface area contributed by atoms with Crippen LogP contribution in [0.3, 0.4) is 0 Å². The first kappa shape index (κ1) is 22.1. The van der Waals surface area contributed by atoms with Gasteiger partial charge in [0.1, 0.15) is 5.60 Å². The number of carbonyl (C=O) groups excluding carboxylic acids is 1. The zero-order chi connectivity index (χ0) is 24.1. The van der Waals surface area contributed by atoms with Crippen LogP contribution >= 0.6 is 0 Å². The quantitative estimate of drug-likeness (QED) is 0.585. The molecule has 2 aromatic carbocycles. The maximum absolute atomic E-state index is 13.0. The summed E-state index contributed by atoms with van der Waals surface area (Å²) in [5.41, 5.74) is 5.89. The van der Waals surface area contributed by atoms with Crippen LogP contribution in [0.15, 0.2) is 59.9 Å². The molecule has 2 aliphatic rings. The molecule has 6 nitrogen and oxygen atoms in total. The summed E-state index contributed by atoms with van der Waals surface area (Å²) < 4.78 is 12.0. The molecule has 1 N–H and O–H groups in total. The summed E-state index contributed by atoms with van der Waals surface area (Å²) in [4.78, 5) is 22.1. The highest BCUT2D eigenvalue weighted by molar-refractivity contribution is 6.17. The third kappa shape index (κ3) is 4.04. The van der Waals surface area contributed by atoms with Gasteiger partial charge < -0.3 is 14.8 Å². The van der Waals surface area contributed by atoms with Gasteiger partial charge >= 0.3 is 0 Å². The molecule has 5 rings (SSSR count). The number of ether oxygens (including phenoxy) is 2. The molecule has 0 saturated carbocycles. The van der Waals surface area contributed by atoms with E-state index in [1.165, 1.54) is 5.56 Å². The maximum atomic E-state index is 13.0. The van der Waals surface area contributed by atoms with Crippen molar-refractivity contribution in [3.63, 3.8) is 0 Å². The summed E-state index contributed by atoms with van der Waals surface area (Å²) in [6.45, 7) is 8.45. The maximum Gasteiger partial charge on any atom is 0.255 e. The lowest BCUT2D eigenvalue weighted by atomic mass is 9.80. The number of rotatable bonds is 4. The first-order valence-electron chi connectivity index (χ1n) is 11.5. The van der Waals surface area contributed by atoms with Crippen LogP contribution in [0.4, 0.5) is 5.69 Å². The monoisotopic (exact) mass is 455 g/mol. The summed E-state index contributed by atoms with van der Waals surface area (Å²) in [6, 6.07) is 13.3. The van der Waals surface area contributed by atoms with Crippen molar-refractivity contribution in [1.82, 2.24) is 4.98 Å². The van der Waals surface area contributed by atoms with Crippen LogP contribution < -0.4 is 14.8 Å². The van der Waals surface area contributed by atoms with E-state index in [9.17, 15) is 4.79 Å². The second kappa shape index (κ2) is 7.97. The number of nitrogens with zero attached hydrogens (tertiary/aromatic N) is 2. The van der Waals surface area contributed by atoms with E-state index in [2.05, 4.69) is 44.1 Å². The number of hydrogen-bond acceptors (Lipinski definition) is 5. The normalized spacial score (nSPS) is 17.1. The minimum Gasteiger partial charge on any atom is -0.493 e.